The Balaban J connectivity index is 1.16. The third kappa shape index (κ3) is 4.60. The third-order valence-electron chi connectivity index (χ3n) is 8.67. The van der Waals surface area contributed by atoms with Crippen LogP contribution < -0.4 is 10.2 Å². The normalized spacial score (nSPS) is 28.1. The topological polar surface area (TPSA) is 75.5 Å². The van der Waals surface area contributed by atoms with E-state index in [-0.39, 0.29) is 23.3 Å². The zero-order valence-corrected chi connectivity index (χ0v) is 22.5. The number of aromatic nitrogens is 3. The molecule has 3 aliphatic rings. The molecule has 1 aromatic carbocycles. The molecule has 0 bridgehead atoms. The van der Waals surface area contributed by atoms with E-state index in [0.717, 1.165) is 79.3 Å². The fourth-order valence-corrected chi connectivity index (χ4v) is 6.66. The molecule has 1 amide bonds. The monoisotopic (exact) mass is 522 g/mol. The molecule has 4 atom stereocenters. The Morgan fingerprint density at radius 2 is 2.00 bits per heavy atom. The SMILES string of the molecule is CC[C@H]1[C@H](C(=O)Nc2cc3cc(N4CCN(C5(C)CCOC5)CC4)c(Cl)cc3cn2)[C@@H]1c1cnn(C)c1. The van der Waals surface area contributed by atoms with Crippen molar-refractivity contribution in [1.29, 1.82) is 0 Å². The average Bonchev–Trinajstić information content (AvgIpc) is 3.18. The van der Waals surface area contributed by atoms with Gasteiger partial charge in [0.05, 0.1) is 23.5 Å². The Labute approximate surface area is 222 Å². The number of fused-ring (bicyclic) bond motifs is 1. The van der Waals surface area contributed by atoms with Crippen molar-refractivity contribution in [3.8, 4) is 0 Å². The number of hydrogen-bond acceptors (Lipinski definition) is 6. The van der Waals surface area contributed by atoms with E-state index in [1.807, 2.05) is 31.6 Å². The largest absolute Gasteiger partial charge is 0.379 e. The Kier molecular flexibility index (Phi) is 6.37. The van der Waals surface area contributed by atoms with Crippen LogP contribution in [-0.4, -0.2) is 70.5 Å². The fraction of sp³-hybridized carbons (Fsp3) is 0.536. The maximum Gasteiger partial charge on any atom is 0.229 e. The number of amides is 1. The summed E-state index contributed by atoms with van der Waals surface area (Å²) in [6, 6.07) is 6.08. The van der Waals surface area contributed by atoms with Crippen LogP contribution in [0.2, 0.25) is 5.02 Å². The van der Waals surface area contributed by atoms with Crippen molar-refractivity contribution in [1.82, 2.24) is 19.7 Å². The number of aryl methyl sites for hydroxylation is 1. The van der Waals surface area contributed by atoms with E-state index >= 15 is 0 Å². The molecular formula is C28H35ClN6O2. The van der Waals surface area contributed by atoms with Gasteiger partial charge in [-0.05, 0) is 48.4 Å². The standard InChI is InChI=1S/C28H35ClN6O2/c1-4-21-25(20-15-31-33(3)16-20)26(21)27(36)32-24-13-18-12-23(22(29)11-19(18)14-30-24)34-6-8-35(9-7-34)28(2)5-10-37-17-28/h11-16,21,25-26H,4-10,17H2,1-3H3,(H,30,32,36)/t21-,25-,26+,28?/m1/s1. The quantitative estimate of drug-likeness (QED) is 0.520. The smallest absolute Gasteiger partial charge is 0.229 e. The highest BCUT2D eigenvalue weighted by atomic mass is 35.5. The summed E-state index contributed by atoms with van der Waals surface area (Å²) in [7, 11) is 1.91. The molecule has 2 saturated heterocycles. The lowest BCUT2D eigenvalue weighted by Crippen LogP contribution is -2.56. The zero-order chi connectivity index (χ0) is 25.7. The summed E-state index contributed by atoms with van der Waals surface area (Å²) in [5.41, 5.74) is 2.32. The van der Waals surface area contributed by atoms with Crippen molar-refractivity contribution in [2.45, 2.75) is 38.1 Å². The van der Waals surface area contributed by atoms with Gasteiger partial charge in [-0.2, -0.15) is 5.10 Å². The van der Waals surface area contributed by atoms with Gasteiger partial charge in [0.1, 0.15) is 5.82 Å². The minimum Gasteiger partial charge on any atom is -0.379 e. The van der Waals surface area contributed by atoms with Crippen molar-refractivity contribution < 1.29 is 9.53 Å². The van der Waals surface area contributed by atoms with Crippen LogP contribution in [0, 0.1) is 11.8 Å². The molecule has 4 heterocycles. The summed E-state index contributed by atoms with van der Waals surface area (Å²) in [6.07, 6.45) is 7.74. The van der Waals surface area contributed by atoms with Gasteiger partial charge in [-0.15, -0.1) is 0 Å². The number of nitrogens with zero attached hydrogens (tertiary/aromatic N) is 5. The molecule has 2 aromatic heterocycles. The molecule has 0 spiro atoms. The number of ether oxygens (including phenoxy) is 1. The van der Waals surface area contributed by atoms with Crippen molar-refractivity contribution in [2.75, 3.05) is 49.6 Å². The summed E-state index contributed by atoms with van der Waals surface area (Å²) in [5.74, 6) is 1.13. The second kappa shape index (κ2) is 9.57. The molecule has 196 valence electrons. The van der Waals surface area contributed by atoms with E-state index in [4.69, 9.17) is 16.3 Å². The van der Waals surface area contributed by atoms with Gasteiger partial charge in [-0.3, -0.25) is 14.4 Å². The van der Waals surface area contributed by atoms with Crippen molar-refractivity contribution >= 4 is 39.8 Å². The van der Waals surface area contributed by atoms with Gasteiger partial charge in [0.2, 0.25) is 5.91 Å². The number of rotatable bonds is 6. The number of nitrogens with one attached hydrogen (secondary N) is 1. The van der Waals surface area contributed by atoms with Gasteiger partial charge < -0.3 is 15.0 Å². The highest BCUT2D eigenvalue weighted by Gasteiger charge is 2.54. The van der Waals surface area contributed by atoms with Crippen molar-refractivity contribution in [3.63, 3.8) is 0 Å². The highest BCUT2D eigenvalue weighted by Crippen LogP contribution is 2.56. The van der Waals surface area contributed by atoms with E-state index in [1.54, 1.807) is 10.9 Å². The first-order valence-electron chi connectivity index (χ1n) is 13.3. The van der Waals surface area contributed by atoms with Crippen LogP contribution in [0.1, 0.15) is 38.2 Å². The summed E-state index contributed by atoms with van der Waals surface area (Å²) < 4.78 is 7.47. The third-order valence-corrected chi connectivity index (χ3v) is 8.98. The van der Waals surface area contributed by atoms with Crippen LogP contribution in [0.4, 0.5) is 11.5 Å². The number of carbonyl (C=O) groups is 1. The predicted octanol–water partition coefficient (Wildman–Crippen LogP) is 4.30. The van der Waals surface area contributed by atoms with E-state index < -0.39 is 0 Å². The Morgan fingerprint density at radius 1 is 1.19 bits per heavy atom. The zero-order valence-electron chi connectivity index (χ0n) is 21.8. The first-order valence-corrected chi connectivity index (χ1v) is 13.7. The predicted molar refractivity (Wildman–Crippen MR) is 146 cm³/mol. The van der Waals surface area contributed by atoms with Gasteiger partial charge in [0.25, 0.3) is 0 Å². The van der Waals surface area contributed by atoms with Gasteiger partial charge >= 0.3 is 0 Å². The lowest BCUT2D eigenvalue weighted by Gasteiger charge is -2.44. The molecule has 3 aromatic rings. The summed E-state index contributed by atoms with van der Waals surface area (Å²) in [5, 5.41) is 10.1. The van der Waals surface area contributed by atoms with Crippen LogP contribution in [0.3, 0.4) is 0 Å². The molecule has 3 fully saturated rings. The second-order valence-electron chi connectivity index (χ2n) is 11.1. The summed E-state index contributed by atoms with van der Waals surface area (Å²) in [6.45, 7) is 9.94. The van der Waals surface area contributed by atoms with Crippen LogP contribution in [-0.2, 0) is 16.6 Å². The van der Waals surface area contributed by atoms with E-state index in [9.17, 15) is 4.79 Å². The molecule has 2 aliphatic heterocycles. The first-order chi connectivity index (χ1) is 17.9. The number of benzene rings is 1. The number of anilines is 2. The number of piperazine rings is 1. The van der Waals surface area contributed by atoms with E-state index in [1.165, 1.54) is 0 Å². The maximum atomic E-state index is 13.2. The molecule has 1 N–H and O–H groups in total. The Hall–Kier alpha value is -2.68. The maximum absolute atomic E-state index is 13.2. The van der Waals surface area contributed by atoms with E-state index in [2.05, 4.69) is 45.1 Å². The lowest BCUT2D eigenvalue weighted by atomic mass is 9.98. The molecule has 8 nitrogen and oxygen atoms in total. The molecule has 0 radical (unpaired) electrons. The van der Waals surface area contributed by atoms with Gasteiger partial charge in [-0.25, -0.2) is 4.98 Å². The van der Waals surface area contributed by atoms with Crippen LogP contribution in [0.25, 0.3) is 10.8 Å². The first kappa shape index (κ1) is 24.6. The minimum atomic E-state index is -0.0455. The molecule has 1 unspecified atom stereocenters. The van der Waals surface area contributed by atoms with Crippen LogP contribution in [0.5, 0.6) is 0 Å². The summed E-state index contributed by atoms with van der Waals surface area (Å²) in [4.78, 5) is 22.6. The Morgan fingerprint density at radius 3 is 2.68 bits per heavy atom. The van der Waals surface area contributed by atoms with Crippen LogP contribution >= 0.6 is 11.6 Å². The van der Waals surface area contributed by atoms with Crippen LogP contribution in [0.15, 0.2) is 36.8 Å². The van der Waals surface area contributed by atoms with Gasteiger partial charge in [0.15, 0.2) is 0 Å². The van der Waals surface area contributed by atoms with Crippen molar-refractivity contribution in [3.05, 3.63) is 47.4 Å². The van der Waals surface area contributed by atoms with Gasteiger partial charge in [0, 0.05) is 75.0 Å². The summed E-state index contributed by atoms with van der Waals surface area (Å²) >= 11 is 6.73. The van der Waals surface area contributed by atoms with Gasteiger partial charge in [-0.1, -0.05) is 24.9 Å². The number of halogens is 1. The molecular weight excluding hydrogens is 488 g/mol. The molecule has 1 aliphatic carbocycles. The fourth-order valence-electron chi connectivity index (χ4n) is 6.37. The average molecular weight is 523 g/mol. The number of carbonyl (C=O) groups excluding carboxylic acids is 1. The lowest BCUT2D eigenvalue weighted by molar-refractivity contribution is -0.117. The Bertz CT molecular complexity index is 1310. The minimum absolute atomic E-state index is 0.0299. The van der Waals surface area contributed by atoms with Crippen molar-refractivity contribution in [2.24, 2.45) is 18.9 Å². The molecule has 6 rings (SSSR count). The number of hydrogen-bond donors (Lipinski definition) is 1. The second-order valence-corrected chi connectivity index (χ2v) is 11.5. The molecule has 37 heavy (non-hydrogen) atoms. The highest BCUT2D eigenvalue weighted by molar-refractivity contribution is 6.34. The van der Waals surface area contributed by atoms with E-state index in [0.29, 0.717) is 11.7 Å². The molecule has 1 saturated carbocycles. The number of pyridine rings is 1. The molecule has 9 heteroatoms.